The van der Waals surface area contributed by atoms with E-state index < -0.39 is 12.0 Å². The van der Waals surface area contributed by atoms with Gasteiger partial charge in [0.1, 0.15) is 6.04 Å². The summed E-state index contributed by atoms with van der Waals surface area (Å²) in [4.78, 5) is 31.8. The van der Waals surface area contributed by atoms with E-state index in [1.165, 1.54) is 11.3 Å². The lowest BCUT2D eigenvalue weighted by Gasteiger charge is -2.36. The van der Waals surface area contributed by atoms with Crippen molar-refractivity contribution in [3.8, 4) is 0 Å². The lowest BCUT2D eigenvalue weighted by atomic mass is 10.2. The molecule has 1 aliphatic heterocycles. The summed E-state index contributed by atoms with van der Waals surface area (Å²) in [5, 5.41) is 11.9. The van der Waals surface area contributed by atoms with Gasteiger partial charge in [-0.1, -0.05) is 0 Å². The number of aliphatic carboxylic acids is 1. The Morgan fingerprint density at radius 3 is 2.62 bits per heavy atom. The molecule has 0 saturated carbocycles. The first-order valence-corrected chi connectivity index (χ1v) is 7.75. The molecule has 2 rings (SSSR count). The third-order valence-electron chi connectivity index (χ3n) is 3.75. The number of nitrogens with zero attached hydrogens (tertiary/aromatic N) is 3. The maximum Gasteiger partial charge on any atom is 0.320 e. The summed E-state index contributed by atoms with van der Waals surface area (Å²) < 4.78 is 0. The number of hydrogen-bond acceptors (Lipinski definition) is 5. The number of rotatable bonds is 4. The molecule has 2 heterocycles. The van der Waals surface area contributed by atoms with Crippen molar-refractivity contribution in [3.63, 3.8) is 0 Å². The summed E-state index contributed by atoms with van der Waals surface area (Å²) in [6.07, 6.45) is 0. The number of hydrogen-bond donors (Lipinski definition) is 2. The van der Waals surface area contributed by atoms with Crippen LogP contribution in [0.1, 0.15) is 17.5 Å². The zero-order chi connectivity index (χ0) is 15.4. The summed E-state index contributed by atoms with van der Waals surface area (Å²) in [6.45, 7) is 6.34. The third kappa shape index (κ3) is 3.92. The van der Waals surface area contributed by atoms with Crippen molar-refractivity contribution in [2.45, 2.75) is 26.4 Å². The molecule has 7 nitrogen and oxygen atoms in total. The predicted octanol–water partition coefficient (Wildman–Crippen LogP) is 0.752. The molecule has 116 valence electrons. The molecule has 8 heteroatoms. The number of thiazole rings is 1. The Labute approximate surface area is 127 Å². The van der Waals surface area contributed by atoms with E-state index in [2.05, 4.69) is 10.3 Å². The number of nitrogens with one attached hydrogen (secondary N) is 1. The molecule has 1 unspecified atom stereocenters. The van der Waals surface area contributed by atoms with Gasteiger partial charge in [-0.05, 0) is 13.8 Å². The molecule has 1 atom stereocenters. The smallest absolute Gasteiger partial charge is 0.320 e. The topological polar surface area (TPSA) is 85.8 Å². The summed E-state index contributed by atoms with van der Waals surface area (Å²) in [5.74, 6) is -0.825. The largest absolute Gasteiger partial charge is 0.480 e. The Bertz CT molecular complexity index is 511. The first kappa shape index (κ1) is 15.7. The van der Waals surface area contributed by atoms with Crippen LogP contribution < -0.4 is 5.32 Å². The molecular formula is C13H20N4O3S. The summed E-state index contributed by atoms with van der Waals surface area (Å²) in [7, 11) is 0. The van der Waals surface area contributed by atoms with Crippen LogP contribution >= 0.6 is 11.3 Å². The van der Waals surface area contributed by atoms with Gasteiger partial charge in [-0.2, -0.15) is 0 Å². The molecule has 0 bridgehead atoms. The molecule has 0 spiro atoms. The molecule has 0 radical (unpaired) electrons. The second kappa shape index (κ2) is 6.86. The minimum absolute atomic E-state index is 0.106. The number of piperazine rings is 1. The van der Waals surface area contributed by atoms with Gasteiger partial charge in [0.25, 0.3) is 0 Å². The van der Waals surface area contributed by atoms with E-state index in [1.54, 1.807) is 17.3 Å². The zero-order valence-electron chi connectivity index (χ0n) is 12.2. The van der Waals surface area contributed by atoms with E-state index in [0.717, 1.165) is 10.6 Å². The molecule has 0 aliphatic carbocycles. The number of carbonyl (C=O) groups is 2. The van der Waals surface area contributed by atoms with Crippen molar-refractivity contribution in [2.24, 2.45) is 0 Å². The Morgan fingerprint density at radius 1 is 1.43 bits per heavy atom. The van der Waals surface area contributed by atoms with Gasteiger partial charge in [0.2, 0.25) is 0 Å². The van der Waals surface area contributed by atoms with Crippen LogP contribution in [0.3, 0.4) is 0 Å². The number of carbonyl (C=O) groups excluding carboxylic acids is 1. The molecular weight excluding hydrogens is 292 g/mol. The van der Waals surface area contributed by atoms with Crippen LogP contribution in [0.2, 0.25) is 0 Å². The van der Waals surface area contributed by atoms with Gasteiger partial charge in [0.15, 0.2) is 0 Å². The Balaban J connectivity index is 1.78. The Morgan fingerprint density at radius 2 is 2.10 bits per heavy atom. The normalized spacial score (nSPS) is 17.5. The van der Waals surface area contributed by atoms with Crippen molar-refractivity contribution < 1.29 is 14.7 Å². The average molecular weight is 312 g/mol. The lowest BCUT2D eigenvalue weighted by Crippen LogP contribution is -2.55. The molecule has 21 heavy (non-hydrogen) atoms. The second-order valence-corrected chi connectivity index (χ2v) is 6.00. The van der Waals surface area contributed by atoms with Gasteiger partial charge < -0.3 is 15.3 Å². The van der Waals surface area contributed by atoms with E-state index in [4.69, 9.17) is 5.11 Å². The standard InChI is InChI=1S/C13H20N4O3S/c1-9-11(21-8-15-9)7-14-13(20)17-5-3-16(4-6-17)10(2)12(18)19/h8,10H,3-7H2,1-2H3,(H,14,20)(H,18,19). The predicted molar refractivity (Wildman–Crippen MR) is 79.3 cm³/mol. The van der Waals surface area contributed by atoms with Gasteiger partial charge in [0, 0.05) is 31.1 Å². The van der Waals surface area contributed by atoms with Crippen LogP contribution in [-0.2, 0) is 11.3 Å². The molecule has 1 fully saturated rings. The summed E-state index contributed by atoms with van der Waals surface area (Å²) >= 11 is 1.53. The second-order valence-electron chi connectivity index (χ2n) is 5.06. The molecule has 1 aliphatic rings. The summed E-state index contributed by atoms with van der Waals surface area (Å²) in [6, 6.07) is -0.611. The molecule has 1 aromatic rings. The van der Waals surface area contributed by atoms with Gasteiger partial charge in [-0.3, -0.25) is 9.69 Å². The van der Waals surface area contributed by atoms with Crippen LogP contribution in [0.4, 0.5) is 4.79 Å². The quantitative estimate of drug-likeness (QED) is 0.857. The van der Waals surface area contributed by atoms with Crippen LogP contribution in [0.5, 0.6) is 0 Å². The third-order valence-corrected chi connectivity index (χ3v) is 4.69. The Kier molecular flexibility index (Phi) is 5.13. The van der Waals surface area contributed by atoms with E-state index in [-0.39, 0.29) is 6.03 Å². The highest BCUT2D eigenvalue weighted by molar-refractivity contribution is 7.09. The van der Waals surface area contributed by atoms with Crippen LogP contribution in [-0.4, -0.2) is 64.1 Å². The van der Waals surface area contributed by atoms with Gasteiger partial charge in [-0.25, -0.2) is 9.78 Å². The van der Waals surface area contributed by atoms with E-state index in [1.807, 2.05) is 11.8 Å². The van der Waals surface area contributed by atoms with Crippen LogP contribution in [0, 0.1) is 6.92 Å². The van der Waals surface area contributed by atoms with Crippen LogP contribution in [0.25, 0.3) is 0 Å². The summed E-state index contributed by atoms with van der Waals surface area (Å²) in [5.41, 5.74) is 2.71. The minimum atomic E-state index is -0.825. The van der Waals surface area contributed by atoms with Crippen LogP contribution in [0.15, 0.2) is 5.51 Å². The fourth-order valence-corrected chi connectivity index (χ4v) is 2.95. The van der Waals surface area contributed by atoms with Crippen molar-refractivity contribution in [3.05, 3.63) is 16.1 Å². The van der Waals surface area contributed by atoms with E-state index >= 15 is 0 Å². The van der Waals surface area contributed by atoms with Crippen molar-refractivity contribution in [2.75, 3.05) is 26.2 Å². The van der Waals surface area contributed by atoms with Gasteiger partial charge >= 0.3 is 12.0 Å². The molecule has 1 aromatic heterocycles. The molecule has 2 amide bonds. The Hall–Kier alpha value is -1.67. The number of carboxylic acids is 1. The van der Waals surface area contributed by atoms with Gasteiger partial charge in [0.05, 0.1) is 17.7 Å². The highest BCUT2D eigenvalue weighted by Crippen LogP contribution is 2.12. The average Bonchev–Trinajstić information content (AvgIpc) is 2.89. The fourth-order valence-electron chi connectivity index (χ4n) is 2.23. The zero-order valence-corrected chi connectivity index (χ0v) is 13.0. The number of urea groups is 1. The fraction of sp³-hybridized carbons (Fsp3) is 0.615. The highest BCUT2D eigenvalue weighted by atomic mass is 32.1. The van der Waals surface area contributed by atoms with Gasteiger partial charge in [-0.15, -0.1) is 11.3 Å². The SMILES string of the molecule is Cc1ncsc1CNC(=O)N1CCN(C(C)C(=O)O)CC1. The van der Waals surface area contributed by atoms with Crippen molar-refractivity contribution >= 4 is 23.3 Å². The maximum atomic E-state index is 12.1. The first-order valence-electron chi connectivity index (χ1n) is 6.87. The van der Waals surface area contributed by atoms with E-state index in [9.17, 15) is 9.59 Å². The number of carboxylic acid groups (broad SMARTS) is 1. The molecule has 0 aromatic carbocycles. The number of aromatic nitrogens is 1. The lowest BCUT2D eigenvalue weighted by molar-refractivity contribution is -0.143. The van der Waals surface area contributed by atoms with Crippen molar-refractivity contribution in [1.29, 1.82) is 0 Å². The number of aryl methyl sites for hydroxylation is 1. The highest BCUT2D eigenvalue weighted by Gasteiger charge is 2.27. The molecule has 1 saturated heterocycles. The first-order chi connectivity index (χ1) is 9.99. The molecule has 2 N–H and O–H groups in total. The number of amides is 2. The monoisotopic (exact) mass is 312 g/mol. The van der Waals surface area contributed by atoms with E-state index in [0.29, 0.717) is 32.7 Å². The van der Waals surface area contributed by atoms with Crippen molar-refractivity contribution in [1.82, 2.24) is 20.1 Å². The minimum Gasteiger partial charge on any atom is -0.480 e. The maximum absolute atomic E-state index is 12.1.